The maximum atomic E-state index is 12.4. The molecule has 22 heavy (non-hydrogen) atoms. The number of likely N-dealkylation sites (N-methyl/N-ethyl adjacent to an activating group) is 1. The van der Waals surface area contributed by atoms with Crippen molar-refractivity contribution in [1.82, 2.24) is 4.90 Å². The van der Waals surface area contributed by atoms with Gasteiger partial charge in [0.1, 0.15) is 11.2 Å². The van der Waals surface area contributed by atoms with Crippen LogP contribution in [0.3, 0.4) is 0 Å². The van der Waals surface area contributed by atoms with Gasteiger partial charge in [-0.15, -0.1) is 0 Å². The number of amides is 1. The molecular weight excluding hydrogens is 282 g/mol. The molecule has 0 atom stereocenters. The van der Waals surface area contributed by atoms with Crippen molar-refractivity contribution in [2.45, 2.75) is 0 Å². The van der Waals surface area contributed by atoms with Gasteiger partial charge < -0.3 is 14.4 Å². The molecule has 0 spiro atoms. The third-order valence-electron chi connectivity index (χ3n) is 3.61. The highest BCUT2D eigenvalue weighted by Gasteiger charge is 2.14. The van der Waals surface area contributed by atoms with E-state index in [9.17, 15) is 9.59 Å². The first kappa shape index (κ1) is 14.3. The molecule has 1 N–H and O–H groups in total. The van der Waals surface area contributed by atoms with Gasteiger partial charge in [-0.05, 0) is 30.3 Å². The van der Waals surface area contributed by atoms with Gasteiger partial charge in [-0.3, -0.25) is 9.59 Å². The van der Waals surface area contributed by atoms with Crippen LogP contribution in [0.4, 0.5) is 0 Å². The number of para-hydroxylation sites is 1. The lowest BCUT2D eigenvalue weighted by Gasteiger charge is -2.15. The summed E-state index contributed by atoms with van der Waals surface area (Å²) < 4.78 is 5.74. The normalized spacial score (nSPS) is 11.0. The number of nitrogens with zero attached hydrogens (tertiary/aromatic N) is 1. The van der Waals surface area contributed by atoms with Gasteiger partial charge in [-0.2, -0.15) is 0 Å². The van der Waals surface area contributed by atoms with Crippen molar-refractivity contribution in [3.05, 3.63) is 58.3 Å². The molecule has 5 nitrogen and oxygen atoms in total. The first-order valence-electron chi connectivity index (χ1n) is 6.94. The molecule has 1 heterocycles. The molecule has 3 aromatic rings. The van der Waals surface area contributed by atoms with Crippen LogP contribution in [0.2, 0.25) is 0 Å². The van der Waals surface area contributed by atoms with E-state index >= 15 is 0 Å². The van der Waals surface area contributed by atoms with Gasteiger partial charge >= 0.3 is 0 Å². The van der Waals surface area contributed by atoms with E-state index in [1.54, 1.807) is 49.5 Å². The SMILES string of the molecule is CN(CCO)C(=O)c1ccc2c(=O)c3ccccc3oc2c1. The van der Waals surface area contributed by atoms with Gasteiger partial charge in [0.15, 0.2) is 0 Å². The van der Waals surface area contributed by atoms with Crippen LogP contribution in [0.1, 0.15) is 10.4 Å². The van der Waals surface area contributed by atoms with Crippen LogP contribution in [-0.4, -0.2) is 36.1 Å². The van der Waals surface area contributed by atoms with E-state index < -0.39 is 0 Å². The smallest absolute Gasteiger partial charge is 0.253 e. The molecule has 5 heteroatoms. The Morgan fingerprint density at radius 2 is 1.86 bits per heavy atom. The molecule has 0 bridgehead atoms. The van der Waals surface area contributed by atoms with E-state index in [0.29, 0.717) is 27.5 Å². The molecule has 0 saturated carbocycles. The van der Waals surface area contributed by atoms with Crippen molar-refractivity contribution >= 4 is 27.8 Å². The summed E-state index contributed by atoms with van der Waals surface area (Å²) in [6.45, 7) is 0.147. The fourth-order valence-electron chi connectivity index (χ4n) is 2.41. The number of carbonyl (C=O) groups is 1. The number of aliphatic hydroxyl groups excluding tert-OH is 1. The molecule has 0 unspecified atom stereocenters. The summed E-state index contributed by atoms with van der Waals surface area (Å²) in [5.74, 6) is -0.230. The van der Waals surface area contributed by atoms with E-state index in [2.05, 4.69) is 0 Å². The van der Waals surface area contributed by atoms with Gasteiger partial charge in [0, 0.05) is 19.2 Å². The molecule has 112 valence electrons. The average Bonchev–Trinajstić information content (AvgIpc) is 2.54. The molecule has 0 aliphatic carbocycles. The molecule has 0 fully saturated rings. The summed E-state index contributed by atoms with van der Waals surface area (Å²) >= 11 is 0. The van der Waals surface area contributed by atoms with E-state index in [0.717, 1.165) is 0 Å². The minimum atomic E-state index is -0.230. The third-order valence-corrected chi connectivity index (χ3v) is 3.61. The Morgan fingerprint density at radius 1 is 1.14 bits per heavy atom. The molecular formula is C17H15NO4. The highest BCUT2D eigenvalue weighted by Crippen LogP contribution is 2.20. The standard InChI is InChI=1S/C17H15NO4/c1-18(8-9-19)17(21)11-6-7-13-15(10-11)22-14-5-3-2-4-12(14)16(13)20/h2-7,10,19H,8-9H2,1H3. The largest absolute Gasteiger partial charge is 0.456 e. The molecule has 3 rings (SSSR count). The van der Waals surface area contributed by atoms with Crippen LogP contribution in [0, 0.1) is 0 Å². The van der Waals surface area contributed by atoms with Crippen molar-refractivity contribution in [3.8, 4) is 0 Å². The molecule has 0 aliphatic heterocycles. The number of fused-ring (bicyclic) bond motifs is 2. The molecule has 0 aliphatic rings. The van der Waals surface area contributed by atoms with Gasteiger partial charge in [-0.25, -0.2) is 0 Å². The van der Waals surface area contributed by atoms with E-state index in [1.165, 1.54) is 4.90 Å². The first-order valence-corrected chi connectivity index (χ1v) is 6.94. The summed E-state index contributed by atoms with van der Waals surface area (Å²) in [5.41, 5.74) is 1.18. The van der Waals surface area contributed by atoms with Gasteiger partial charge in [0.05, 0.1) is 17.4 Å². The number of carbonyl (C=O) groups excluding carboxylic acids is 1. The second-order valence-corrected chi connectivity index (χ2v) is 5.09. The van der Waals surface area contributed by atoms with Crippen molar-refractivity contribution in [2.75, 3.05) is 20.2 Å². The summed E-state index contributed by atoms with van der Waals surface area (Å²) in [6, 6.07) is 11.8. The van der Waals surface area contributed by atoms with Crippen molar-refractivity contribution in [3.63, 3.8) is 0 Å². The fraction of sp³-hybridized carbons (Fsp3) is 0.176. The number of rotatable bonds is 3. The molecule has 2 aromatic carbocycles. The summed E-state index contributed by atoms with van der Waals surface area (Å²) in [5, 5.41) is 9.87. The lowest BCUT2D eigenvalue weighted by molar-refractivity contribution is 0.0767. The Labute approximate surface area is 126 Å². The van der Waals surface area contributed by atoms with Crippen LogP contribution in [0.5, 0.6) is 0 Å². The number of benzene rings is 2. The second-order valence-electron chi connectivity index (χ2n) is 5.09. The minimum Gasteiger partial charge on any atom is -0.456 e. The maximum Gasteiger partial charge on any atom is 0.253 e. The zero-order chi connectivity index (χ0) is 15.7. The van der Waals surface area contributed by atoms with Gasteiger partial charge in [0.25, 0.3) is 5.91 Å². The first-order chi connectivity index (χ1) is 10.6. The van der Waals surface area contributed by atoms with Gasteiger partial charge in [0.2, 0.25) is 5.43 Å². The van der Waals surface area contributed by atoms with Crippen molar-refractivity contribution in [1.29, 1.82) is 0 Å². The highest BCUT2D eigenvalue weighted by atomic mass is 16.3. The van der Waals surface area contributed by atoms with Gasteiger partial charge in [-0.1, -0.05) is 12.1 Å². The second kappa shape index (κ2) is 5.61. The van der Waals surface area contributed by atoms with Crippen LogP contribution in [-0.2, 0) is 0 Å². The van der Waals surface area contributed by atoms with Crippen molar-refractivity contribution in [2.24, 2.45) is 0 Å². The number of aliphatic hydroxyl groups is 1. The Kier molecular flexibility index (Phi) is 3.65. The topological polar surface area (TPSA) is 70.8 Å². The van der Waals surface area contributed by atoms with E-state index in [-0.39, 0.29) is 24.5 Å². The summed E-state index contributed by atoms with van der Waals surface area (Å²) in [7, 11) is 1.61. The van der Waals surface area contributed by atoms with E-state index in [4.69, 9.17) is 9.52 Å². The summed E-state index contributed by atoms with van der Waals surface area (Å²) in [6.07, 6.45) is 0. The van der Waals surface area contributed by atoms with Crippen LogP contribution < -0.4 is 5.43 Å². The predicted octanol–water partition coefficient (Wildman–Crippen LogP) is 2.01. The summed E-state index contributed by atoms with van der Waals surface area (Å²) in [4.78, 5) is 26.1. The number of hydrogen-bond donors (Lipinski definition) is 1. The average molecular weight is 297 g/mol. The predicted molar refractivity (Wildman–Crippen MR) is 84.0 cm³/mol. The van der Waals surface area contributed by atoms with E-state index in [1.807, 2.05) is 0 Å². The Morgan fingerprint density at radius 3 is 2.64 bits per heavy atom. The van der Waals surface area contributed by atoms with Crippen LogP contribution in [0.25, 0.3) is 21.9 Å². The van der Waals surface area contributed by atoms with Crippen molar-refractivity contribution < 1.29 is 14.3 Å². The highest BCUT2D eigenvalue weighted by molar-refractivity contribution is 5.98. The Balaban J connectivity index is 2.16. The lowest BCUT2D eigenvalue weighted by atomic mass is 10.1. The molecule has 1 aromatic heterocycles. The third kappa shape index (κ3) is 2.35. The number of hydrogen-bond acceptors (Lipinski definition) is 4. The quantitative estimate of drug-likeness (QED) is 0.751. The zero-order valence-electron chi connectivity index (χ0n) is 12.1. The monoisotopic (exact) mass is 297 g/mol. The Hall–Kier alpha value is -2.66. The Bertz CT molecular complexity index is 913. The lowest BCUT2D eigenvalue weighted by Crippen LogP contribution is -2.29. The van der Waals surface area contributed by atoms with Crippen LogP contribution >= 0.6 is 0 Å². The molecule has 1 amide bonds. The molecule has 0 saturated heterocycles. The fourth-order valence-corrected chi connectivity index (χ4v) is 2.41. The zero-order valence-corrected chi connectivity index (χ0v) is 12.1. The van der Waals surface area contributed by atoms with Crippen LogP contribution in [0.15, 0.2) is 51.7 Å². The maximum absolute atomic E-state index is 12.4. The molecule has 0 radical (unpaired) electrons. The minimum absolute atomic E-state index is 0.102.